The fraction of sp³-hybridized carbons (Fsp3) is 0.280. The van der Waals surface area contributed by atoms with Crippen molar-refractivity contribution in [3.63, 3.8) is 0 Å². The van der Waals surface area contributed by atoms with Crippen LogP contribution in [0.4, 0.5) is 4.79 Å². The molecule has 0 radical (unpaired) electrons. The van der Waals surface area contributed by atoms with E-state index in [1.54, 1.807) is 21.9 Å². The first kappa shape index (κ1) is 23.2. The first-order chi connectivity index (χ1) is 15.5. The maximum Gasteiger partial charge on any atom is 0.318 e. The molecule has 1 unspecified atom stereocenters. The lowest BCUT2D eigenvalue weighted by atomic mass is 10.2. The molecule has 2 aromatic rings. The van der Waals surface area contributed by atoms with Crippen LogP contribution in [0.1, 0.15) is 18.1 Å². The Bertz CT molecular complexity index is 1020. The van der Waals surface area contributed by atoms with Crippen LogP contribution in [0.25, 0.3) is 0 Å². The Balaban J connectivity index is 1.50. The molecule has 1 heterocycles. The number of nitrogens with one attached hydrogen (secondary N) is 1. The van der Waals surface area contributed by atoms with Gasteiger partial charge in [0.1, 0.15) is 12.4 Å². The van der Waals surface area contributed by atoms with E-state index in [0.29, 0.717) is 43.6 Å². The van der Waals surface area contributed by atoms with Gasteiger partial charge >= 0.3 is 6.03 Å². The second-order valence-electron chi connectivity index (χ2n) is 7.38. The minimum absolute atomic E-state index is 0.112. The number of urea groups is 1. The monoisotopic (exact) mass is 451 g/mol. The number of carbonyl (C=O) groups is 2. The van der Waals surface area contributed by atoms with Gasteiger partial charge in [-0.05, 0) is 36.8 Å². The highest BCUT2D eigenvalue weighted by Crippen LogP contribution is 2.26. The third-order valence-electron chi connectivity index (χ3n) is 5.00. The van der Waals surface area contributed by atoms with E-state index in [4.69, 9.17) is 16.3 Å². The van der Waals surface area contributed by atoms with Crippen molar-refractivity contribution in [3.8, 4) is 17.6 Å². The van der Waals surface area contributed by atoms with Gasteiger partial charge in [-0.25, -0.2) is 4.79 Å². The normalized spacial score (nSPS) is 14.1. The number of hydrogen-bond donors (Lipinski definition) is 1. The van der Waals surface area contributed by atoms with Gasteiger partial charge in [0.25, 0.3) is 0 Å². The van der Waals surface area contributed by atoms with E-state index in [0.717, 1.165) is 11.1 Å². The van der Waals surface area contributed by atoms with Gasteiger partial charge in [0.15, 0.2) is 0 Å². The maximum absolute atomic E-state index is 12.4. The number of carbonyl (C=O) groups excluding carboxylic acids is 2. The van der Waals surface area contributed by atoms with Gasteiger partial charge in [-0.15, -0.1) is 0 Å². The number of rotatable bonds is 5. The molecule has 0 aliphatic carbocycles. The van der Waals surface area contributed by atoms with E-state index in [9.17, 15) is 9.59 Å². The van der Waals surface area contributed by atoms with Crippen LogP contribution in [0.2, 0.25) is 5.02 Å². The highest BCUT2D eigenvalue weighted by atomic mass is 35.5. The summed E-state index contributed by atoms with van der Waals surface area (Å²) >= 11 is 6.34. The predicted octanol–water partition coefficient (Wildman–Crippen LogP) is 3.70. The summed E-state index contributed by atoms with van der Waals surface area (Å²) in [6.07, 6.45) is 1.29. The molecule has 1 N–H and O–H groups in total. The molecule has 1 aliphatic rings. The number of amides is 3. The second kappa shape index (κ2) is 11.3. The average Bonchev–Trinajstić information content (AvgIpc) is 2.82. The number of piperazine rings is 1. The summed E-state index contributed by atoms with van der Waals surface area (Å²) in [4.78, 5) is 27.4. The van der Waals surface area contributed by atoms with Gasteiger partial charge in [-0.3, -0.25) is 4.79 Å². The Morgan fingerprint density at radius 3 is 2.50 bits per heavy atom. The summed E-state index contributed by atoms with van der Waals surface area (Å²) in [5.41, 5.74) is 1.80. The maximum atomic E-state index is 12.4. The number of halogens is 1. The van der Waals surface area contributed by atoms with Crippen LogP contribution < -0.4 is 10.1 Å². The molecule has 2 aromatic carbocycles. The van der Waals surface area contributed by atoms with E-state index in [-0.39, 0.29) is 18.0 Å². The number of ether oxygens (including phenoxy) is 1. The fourth-order valence-electron chi connectivity index (χ4n) is 3.19. The molecule has 1 aliphatic heterocycles. The van der Waals surface area contributed by atoms with Crippen LogP contribution in [0.5, 0.6) is 5.75 Å². The largest absolute Gasteiger partial charge is 0.487 e. The molecule has 3 rings (SSSR count). The summed E-state index contributed by atoms with van der Waals surface area (Å²) in [6.45, 7) is 7.69. The summed E-state index contributed by atoms with van der Waals surface area (Å²) < 4.78 is 5.78. The Hall–Kier alpha value is -3.43. The lowest BCUT2D eigenvalue weighted by Gasteiger charge is -2.34. The molecule has 6 nitrogen and oxygen atoms in total. The van der Waals surface area contributed by atoms with E-state index in [1.165, 1.54) is 6.08 Å². The third kappa shape index (κ3) is 6.53. The number of hydrogen-bond acceptors (Lipinski definition) is 3. The Morgan fingerprint density at radius 2 is 1.84 bits per heavy atom. The van der Waals surface area contributed by atoms with Gasteiger partial charge in [-0.1, -0.05) is 60.4 Å². The SMILES string of the molecule is C=CC(=O)N1CCN(C(=O)NC(C)C#Cc2ccc(OCc3ccccc3)c(Cl)c2)CC1. The zero-order chi connectivity index (χ0) is 22.9. The molecule has 0 saturated carbocycles. The standard InChI is InChI=1S/C25H26ClN3O3/c1-3-24(30)28-13-15-29(16-14-28)25(31)27-19(2)9-10-20-11-12-23(22(26)17-20)32-18-21-7-5-4-6-8-21/h3-8,11-12,17,19H,1,13-16,18H2,2H3,(H,27,31). The van der Waals surface area contributed by atoms with Crippen LogP contribution in [-0.2, 0) is 11.4 Å². The van der Waals surface area contributed by atoms with Crippen molar-refractivity contribution < 1.29 is 14.3 Å². The predicted molar refractivity (Wildman–Crippen MR) is 125 cm³/mol. The van der Waals surface area contributed by atoms with Crippen LogP contribution in [0, 0.1) is 11.8 Å². The van der Waals surface area contributed by atoms with Crippen LogP contribution >= 0.6 is 11.6 Å². The molecular formula is C25H26ClN3O3. The lowest BCUT2D eigenvalue weighted by Crippen LogP contribution is -2.53. The lowest BCUT2D eigenvalue weighted by molar-refractivity contribution is -0.127. The molecule has 7 heteroatoms. The van der Waals surface area contributed by atoms with Crippen LogP contribution in [0.15, 0.2) is 61.2 Å². The number of benzene rings is 2. The summed E-state index contributed by atoms with van der Waals surface area (Å²) in [6, 6.07) is 14.7. The topological polar surface area (TPSA) is 61.9 Å². The molecule has 3 amide bonds. The quantitative estimate of drug-likeness (QED) is 0.557. The van der Waals surface area contributed by atoms with Crippen molar-refractivity contribution in [3.05, 3.63) is 77.3 Å². The molecule has 0 spiro atoms. The van der Waals surface area contributed by atoms with Crippen molar-refractivity contribution in [2.75, 3.05) is 26.2 Å². The summed E-state index contributed by atoms with van der Waals surface area (Å²) in [7, 11) is 0. The Morgan fingerprint density at radius 1 is 1.16 bits per heavy atom. The molecule has 0 bridgehead atoms. The van der Waals surface area contributed by atoms with Crippen LogP contribution in [0.3, 0.4) is 0 Å². The number of nitrogens with zero attached hydrogens (tertiary/aromatic N) is 2. The Kier molecular flexibility index (Phi) is 8.18. The average molecular weight is 452 g/mol. The molecule has 1 atom stereocenters. The summed E-state index contributed by atoms with van der Waals surface area (Å²) in [5.74, 6) is 6.54. The zero-order valence-corrected chi connectivity index (χ0v) is 18.8. The van der Waals surface area contributed by atoms with E-state index in [1.807, 2.05) is 43.3 Å². The highest BCUT2D eigenvalue weighted by molar-refractivity contribution is 6.32. The van der Waals surface area contributed by atoms with Gasteiger partial charge in [0, 0.05) is 31.7 Å². The smallest absolute Gasteiger partial charge is 0.318 e. The summed E-state index contributed by atoms with van der Waals surface area (Å²) in [5, 5.41) is 3.36. The first-order valence-corrected chi connectivity index (χ1v) is 10.8. The zero-order valence-electron chi connectivity index (χ0n) is 18.0. The van der Waals surface area contributed by atoms with Crippen molar-refractivity contribution in [1.82, 2.24) is 15.1 Å². The minimum Gasteiger partial charge on any atom is -0.487 e. The van der Waals surface area contributed by atoms with E-state index < -0.39 is 0 Å². The van der Waals surface area contributed by atoms with Crippen molar-refractivity contribution >= 4 is 23.5 Å². The fourth-order valence-corrected chi connectivity index (χ4v) is 3.43. The van der Waals surface area contributed by atoms with E-state index >= 15 is 0 Å². The first-order valence-electron chi connectivity index (χ1n) is 10.4. The molecular weight excluding hydrogens is 426 g/mol. The van der Waals surface area contributed by atoms with Crippen molar-refractivity contribution in [2.45, 2.75) is 19.6 Å². The molecule has 1 saturated heterocycles. The Labute approximate surface area is 193 Å². The van der Waals surface area contributed by atoms with Crippen molar-refractivity contribution in [2.24, 2.45) is 0 Å². The highest BCUT2D eigenvalue weighted by Gasteiger charge is 2.23. The van der Waals surface area contributed by atoms with Gasteiger partial charge < -0.3 is 19.9 Å². The third-order valence-corrected chi connectivity index (χ3v) is 5.29. The second-order valence-corrected chi connectivity index (χ2v) is 7.78. The molecule has 1 fully saturated rings. The minimum atomic E-state index is -0.344. The molecule has 166 valence electrons. The van der Waals surface area contributed by atoms with Gasteiger partial charge in [-0.2, -0.15) is 0 Å². The van der Waals surface area contributed by atoms with Crippen molar-refractivity contribution in [1.29, 1.82) is 0 Å². The molecule has 0 aromatic heterocycles. The van der Waals surface area contributed by atoms with Gasteiger partial charge in [0.05, 0.1) is 11.1 Å². The van der Waals surface area contributed by atoms with E-state index in [2.05, 4.69) is 23.7 Å². The van der Waals surface area contributed by atoms with Gasteiger partial charge in [0.2, 0.25) is 5.91 Å². The van der Waals surface area contributed by atoms with Crippen LogP contribution in [-0.4, -0.2) is 54.0 Å². The molecule has 32 heavy (non-hydrogen) atoms.